The maximum Gasteiger partial charge on any atom is 0.173 e. The van der Waals surface area contributed by atoms with Gasteiger partial charge in [-0.2, -0.15) is 5.10 Å². The highest BCUT2D eigenvalue weighted by molar-refractivity contribution is 7.16. The number of nitrogens with one attached hydrogen (secondary N) is 2. The lowest BCUT2D eigenvalue weighted by atomic mass is 10.0. The van der Waals surface area contributed by atoms with Crippen molar-refractivity contribution in [3.8, 4) is 0 Å². The number of hydrogen-bond acceptors (Lipinski definition) is 6. The van der Waals surface area contributed by atoms with Crippen LogP contribution in [-0.4, -0.2) is 25.1 Å². The zero-order valence-corrected chi connectivity index (χ0v) is 12.4. The second kappa shape index (κ2) is 5.16. The van der Waals surface area contributed by atoms with E-state index in [2.05, 4.69) is 44.3 Å². The Balaban J connectivity index is 1.96. The van der Waals surface area contributed by atoms with Gasteiger partial charge in [-0.25, -0.2) is 15.0 Å². The van der Waals surface area contributed by atoms with Gasteiger partial charge in [-0.05, 0) is 24.3 Å². The fourth-order valence-electron chi connectivity index (χ4n) is 2.08. The summed E-state index contributed by atoms with van der Waals surface area (Å²) in [6, 6.07) is 2.04. The SMILES string of the molecule is Cc1nc([C@H](Nc2ncnc3sccc23)C(C)C)n[nH]1. The third-order valence-corrected chi connectivity index (χ3v) is 3.93. The van der Waals surface area contributed by atoms with Crippen molar-refractivity contribution in [2.45, 2.75) is 26.8 Å². The standard InChI is InChI=1S/C13H16N6S/c1-7(2)10(12-16-8(3)18-19-12)17-11-9-4-5-20-13(9)15-6-14-11/h4-7,10H,1-3H3,(H,14,15,17)(H,16,18,19)/t10-/m1/s1. The molecule has 0 saturated carbocycles. The quantitative estimate of drug-likeness (QED) is 0.771. The Hall–Kier alpha value is -2.02. The highest BCUT2D eigenvalue weighted by atomic mass is 32.1. The van der Waals surface area contributed by atoms with E-state index in [4.69, 9.17) is 0 Å². The molecule has 0 aliphatic rings. The predicted octanol–water partition coefficient (Wildman–Crippen LogP) is 2.93. The van der Waals surface area contributed by atoms with Gasteiger partial charge in [-0.1, -0.05) is 13.8 Å². The summed E-state index contributed by atoms with van der Waals surface area (Å²) in [5.41, 5.74) is 0. The Morgan fingerprint density at radius 3 is 2.85 bits per heavy atom. The van der Waals surface area contributed by atoms with Crippen molar-refractivity contribution in [1.29, 1.82) is 0 Å². The van der Waals surface area contributed by atoms with E-state index in [1.165, 1.54) is 0 Å². The first-order valence-corrected chi connectivity index (χ1v) is 7.36. The summed E-state index contributed by atoms with van der Waals surface area (Å²) in [5, 5.41) is 13.7. The van der Waals surface area contributed by atoms with E-state index in [1.807, 2.05) is 18.4 Å². The molecule has 0 radical (unpaired) electrons. The molecule has 0 bridgehead atoms. The Bertz CT molecular complexity index is 716. The van der Waals surface area contributed by atoms with E-state index in [-0.39, 0.29) is 6.04 Å². The van der Waals surface area contributed by atoms with Crippen molar-refractivity contribution in [3.63, 3.8) is 0 Å². The van der Waals surface area contributed by atoms with Crippen molar-refractivity contribution in [2.75, 3.05) is 5.32 Å². The molecule has 0 amide bonds. The number of rotatable bonds is 4. The third-order valence-electron chi connectivity index (χ3n) is 3.11. The molecule has 3 rings (SSSR count). The average Bonchev–Trinajstić information content (AvgIpc) is 3.04. The predicted molar refractivity (Wildman–Crippen MR) is 79.7 cm³/mol. The van der Waals surface area contributed by atoms with Crippen LogP contribution in [0, 0.1) is 12.8 Å². The molecule has 1 atom stereocenters. The number of H-pyrrole nitrogens is 1. The van der Waals surface area contributed by atoms with Crippen molar-refractivity contribution < 1.29 is 0 Å². The number of aryl methyl sites for hydroxylation is 1. The number of anilines is 1. The normalized spacial score (nSPS) is 13.0. The highest BCUT2D eigenvalue weighted by Crippen LogP contribution is 2.29. The Kier molecular flexibility index (Phi) is 3.35. The van der Waals surface area contributed by atoms with Gasteiger partial charge in [-0.15, -0.1) is 11.3 Å². The summed E-state index contributed by atoms with van der Waals surface area (Å²) in [6.07, 6.45) is 1.59. The van der Waals surface area contributed by atoms with Gasteiger partial charge in [0.25, 0.3) is 0 Å². The van der Waals surface area contributed by atoms with Crippen LogP contribution < -0.4 is 5.32 Å². The summed E-state index contributed by atoms with van der Waals surface area (Å²) in [6.45, 7) is 6.17. The molecule has 0 aliphatic heterocycles. The molecular weight excluding hydrogens is 272 g/mol. The average molecular weight is 288 g/mol. The zero-order valence-electron chi connectivity index (χ0n) is 11.6. The lowest BCUT2D eigenvalue weighted by Crippen LogP contribution is -2.19. The molecule has 7 heteroatoms. The van der Waals surface area contributed by atoms with Crippen LogP contribution >= 0.6 is 11.3 Å². The molecule has 3 heterocycles. The minimum atomic E-state index is 0.0120. The fourth-order valence-corrected chi connectivity index (χ4v) is 2.81. The summed E-state index contributed by atoms with van der Waals surface area (Å²) >= 11 is 1.61. The number of aromatic nitrogens is 5. The van der Waals surface area contributed by atoms with E-state index in [0.717, 1.165) is 27.7 Å². The molecule has 104 valence electrons. The maximum atomic E-state index is 4.43. The number of fused-ring (bicyclic) bond motifs is 1. The Morgan fingerprint density at radius 2 is 2.15 bits per heavy atom. The molecular formula is C13H16N6S. The first-order chi connectivity index (χ1) is 9.65. The first kappa shape index (κ1) is 13.0. The summed E-state index contributed by atoms with van der Waals surface area (Å²) in [7, 11) is 0. The molecule has 3 aromatic heterocycles. The fraction of sp³-hybridized carbons (Fsp3) is 0.385. The minimum Gasteiger partial charge on any atom is -0.359 e. The second-order valence-electron chi connectivity index (χ2n) is 5.01. The summed E-state index contributed by atoms with van der Waals surface area (Å²) in [5.74, 6) is 2.75. The minimum absolute atomic E-state index is 0.0120. The highest BCUT2D eigenvalue weighted by Gasteiger charge is 2.21. The maximum absolute atomic E-state index is 4.43. The molecule has 0 fully saturated rings. The van der Waals surface area contributed by atoms with Crippen LogP contribution in [0.25, 0.3) is 10.2 Å². The molecule has 0 spiro atoms. The molecule has 2 N–H and O–H groups in total. The van der Waals surface area contributed by atoms with E-state index in [9.17, 15) is 0 Å². The van der Waals surface area contributed by atoms with Crippen LogP contribution in [0.15, 0.2) is 17.8 Å². The Morgan fingerprint density at radius 1 is 1.30 bits per heavy atom. The molecule has 3 aromatic rings. The van der Waals surface area contributed by atoms with E-state index in [1.54, 1.807) is 17.7 Å². The van der Waals surface area contributed by atoms with Gasteiger partial charge in [-0.3, -0.25) is 5.10 Å². The second-order valence-corrected chi connectivity index (χ2v) is 5.90. The molecule has 6 nitrogen and oxygen atoms in total. The molecule has 20 heavy (non-hydrogen) atoms. The zero-order chi connectivity index (χ0) is 14.1. The molecule has 0 aromatic carbocycles. The largest absolute Gasteiger partial charge is 0.359 e. The number of thiophene rings is 1. The van der Waals surface area contributed by atoms with Crippen molar-refractivity contribution >= 4 is 27.4 Å². The van der Waals surface area contributed by atoms with Gasteiger partial charge in [0.05, 0.1) is 11.4 Å². The number of nitrogens with zero attached hydrogens (tertiary/aromatic N) is 4. The van der Waals surface area contributed by atoms with Crippen molar-refractivity contribution in [1.82, 2.24) is 25.1 Å². The van der Waals surface area contributed by atoms with Crippen molar-refractivity contribution in [2.24, 2.45) is 5.92 Å². The van der Waals surface area contributed by atoms with E-state index >= 15 is 0 Å². The summed E-state index contributed by atoms with van der Waals surface area (Å²) < 4.78 is 0. The van der Waals surface area contributed by atoms with Crippen LogP contribution in [-0.2, 0) is 0 Å². The molecule has 0 aliphatic carbocycles. The van der Waals surface area contributed by atoms with Crippen LogP contribution in [0.4, 0.5) is 5.82 Å². The third kappa shape index (κ3) is 2.36. The van der Waals surface area contributed by atoms with Crippen LogP contribution in [0.5, 0.6) is 0 Å². The number of aromatic amines is 1. The van der Waals surface area contributed by atoms with Crippen LogP contribution in [0.2, 0.25) is 0 Å². The van der Waals surface area contributed by atoms with Gasteiger partial charge in [0, 0.05) is 0 Å². The van der Waals surface area contributed by atoms with E-state index in [0.29, 0.717) is 5.92 Å². The van der Waals surface area contributed by atoms with E-state index < -0.39 is 0 Å². The van der Waals surface area contributed by atoms with Gasteiger partial charge in [0.15, 0.2) is 5.82 Å². The lowest BCUT2D eigenvalue weighted by molar-refractivity contribution is 0.522. The van der Waals surface area contributed by atoms with Crippen LogP contribution in [0.3, 0.4) is 0 Å². The van der Waals surface area contributed by atoms with Gasteiger partial charge in [0.1, 0.15) is 22.8 Å². The van der Waals surface area contributed by atoms with Gasteiger partial charge in [0.2, 0.25) is 0 Å². The van der Waals surface area contributed by atoms with Gasteiger partial charge < -0.3 is 5.32 Å². The smallest absolute Gasteiger partial charge is 0.173 e. The first-order valence-electron chi connectivity index (χ1n) is 6.49. The topological polar surface area (TPSA) is 79.4 Å². The Labute approximate surface area is 120 Å². The summed E-state index contributed by atoms with van der Waals surface area (Å²) in [4.78, 5) is 14.0. The van der Waals surface area contributed by atoms with Crippen LogP contribution in [0.1, 0.15) is 31.5 Å². The monoisotopic (exact) mass is 288 g/mol. The molecule has 0 saturated heterocycles. The van der Waals surface area contributed by atoms with Crippen molar-refractivity contribution in [3.05, 3.63) is 29.4 Å². The van der Waals surface area contributed by atoms with Gasteiger partial charge >= 0.3 is 0 Å². The molecule has 0 unspecified atom stereocenters. The lowest BCUT2D eigenvalue weighted by Gasteiger charge is -2.20. The number of hydrogen-bond donors (Lipinski definition) is 2.